The Bertz CT molecular complexity index is 1530. The van der Waals surface area contributed by atoms with Crippen LogP contribution in [0, 0.1) is 0 Å². The smallest absolute Gasteiger partial charge is 0.407 e. The van der Waals surface area contributed by atoms with E-state index in [1.807, 2.05) is 10.8 Å². The van der Waals surface area contributed by atoms with Gasteiger partial charge in [-0.1, -0.05) is 47.6 Å². The van der Waals surface area contributed by atoms with Gasteiger partial charge in [0.15, 0.2) is 16.6 Å². The number of nitrogens with two attached hydrogens (primary N) is 1. The maximum Gasteiger partial charge on any atom is 0.407 e. The molecule has 0 radical (unpaired) electrons. The first kappa shape index (κ1) is 28.6. The van der Waals surface area contributed by atoms with Crippen molar-refractivity contribution in [2.75, 3.05) is 18.6 Å². The van der Waals surface area contributed by atoms with Crippen LogP contribution in [0.1, 0.15) is 24.0 Å². The first-order chi connectivity index (χ1) is 18.7. The van der Waals surface area contributed by atoms with E-state index >= 15 is 0 Å². The first-order valence-electron chi connectivity index (χ1n) is 12.0. The van der Waals surface area contributed by atoms with Crippen LogP contribution in [0.3, 0.4) is 0 Å². The van der Waals surface area contributed by atoms with Crippen LogP contribution in [-0.4, -0.2) is 46.9 Å². The SMILES string of the molecule is CSc1nc(N)c2ncn(CCCCOC(=O)NCc3ccc(S(=O)(=O)NCc4ccc(Cl)cc4)cc3)c2n1. The number of aryl methyl sites for hydroxylation is 1. The number of nitrogens with one attached hydrogen (secondary N) is 2. The molecule has 2 aromatic heterocycles. The fraction of sp³-hybridized carbons (Fsp3) is 0.280. The van der Waals surface area contributed by atoms with E-state index in [0.717, 1.165) is 17.5 Å². The largest absolute Gasteiger partial charge is 0.450 e. The van der Waals surface area contributed by atoms with Crippen molar-refractivity contribution in [3.63, 3.8) is 0 Å². The van der Waals surface area contributed by atoms with Crippen LogP contribution in [0.4, 0.5) is 10.6 Å². The molecule has 2 aromatic carbocycles. The minimum atomic E-state index is -3.68. The second kappa shape index (κ2) is 13.1. The molecule has 0 aliphatic heterocycles. The third-order valence-corrected chi connectivity index (χ3v) is 7.95. The van der Waals surface area contributed by atoms with E-state index < -0.39 is 16.1 Å². The van der Waals surface area contributed by atoms with Crippen molar-refractivity contribution in [1.29, 1.82) is 0 Å². The summed E-state index contributed by atoms with van der Waals surface area (Å²) in [6.45, 7) is 1.25. The highest BCUT2D eigenvalue weighted by atomic mass is 35.5. The van der Waals surface area contributed by atoms with Gasteiger partial charge in [-0.05, 0) is 54.5 Å². The van der Waals surface area contributed by atoms with Gasteiger partial charge >= 0.3 is 6.09 Å². The molecule has 0 unspecified atom stereocenters. The molecule has 1 amide bonds. The van der Waals surface area contributed by atoms with Gasteiger partial charge in [-0.25, -0.2) is 32.9 Å². The number of imidazole rings is 1. The molecule has 0 atom stereocenters. The van der Waals surface area contributed by atoms with Crippen molar-refractivity contribution < 1.29 is 17.9 Å². The summed E-state index contributed by atoms with van der Waals surface area (Å²) in [5.74, 6) is 0.352. The molecule has 39 heavy (non-hydrogen) atoms. The summed E-state index contributed by atoms with van der Waals surface area (Å²) in [5, 5.41) is 3.84. The molecule has 4 rings (SSSR count). The van der Waals surface area contributed by atoms with E-state index in [9.17, 15) is 13.2 Å². The van der Waals surface area contributed by atoms with Crippen molar-refractivity contribution in [2.45, 2.75) is 42.5 Å². The van der Waals surface area contributed by atoms with Crippen LogP contribution in [0.15, 0.2) is 64.9 Å². The minimum Gasteiger partial charge on any atom is -0.450 e. The van der Waals surface area contributed by atoms with Gasteiger partial charge in [-0.3, -0.25) is 0 Å². The number of hydrogen-bond acceptors (Lipinski definition) is 9. The second-order valence-electron chi connectivity index (χ2n) is 8.50. The van der Waals surface area contributed by atoms with Crippen molar-refractivity contribution in [2.24, 2.45) is 0 Å². The molecule has 4 aromatic rings. The van der Waals surface area contributed by atoms with Crippen molar-refractivity contribution in [1.82, 2.24) is 29.6 Å². The van der Waals surface area contributed by atoms with Crippen molar-refractivity contribution >= 4 is 56.5 Å². The number of fused-ring (bicyclic) bond motifs is 1. The lowest BCUT2D eigenvalue weighted by atomic mass is 10.2. The topological polar surface area (TPSA) is 154 Å². The Morgan fingerprint density at radius 3 is 2.46 bits per heavy atom. The fourth-order valence-electron chi connectivity index (χ4n) is 3.62. The molecule has 4 N–H and O–H groups in total. The summed E-state index contributed by atoms with van der Waals surface area (Å²) >= 11 is 7.27. The molecule has 0 saturated carbocycles. The Labute approximate surface area is 235 Å². The number of anilines is 1. The normalized spacial score (nSPS) is 11.5. The maximum absolute atomic E-state index is 12.6. The lowest BCUT2D eigenvalue weighted by Gasteiger charge is -2.09. The summed E-state index contributed by atoms with van der Waals surface area (Å²) in [6, 6.07) is 13.2. The number of ether oxygens (including phenoxy) is 1. The van der Waals surface area contributed by atoms with Crippen LogP contribution in [0.2, 0.25) is 5.02 Å². The van der Waals surface area contributed by atoms with Gasteiger partial charge in [0.2, 0.25) is 10.0 Å². The molecule has 0 aliphatic rings. The summed E-state index contributed by atoms with van der Waals surface area (Å²) in [4.78, 5) is 25.1. The van der Waals surface area contributed by atoms with E-state index in [1.54, 1.807) is 42.7 Å². The van der Waals surface area contributed by atoms with E-state index in [1.165, 1.54) is 23.9 Å². The number of carbonyl (C=O) groups is 1. The molecule has 0 saturated heterocycles. The van der Waals surface area contributed by atoms with Crippen molar-refractivity contribution in [3.05, 3.63) is 71.0 Å². The molecule has 0 spiro atoms. The molecular formula is C25H28ClN7O4S2. The monoisotopic (exact) mass is 589 g/mol. The van der Waals surface area contributed by atoms with Crippen molar-refractivity contribution in [3.8, 4) is 0 Å². The number of sulfonamides is 1. The Kier molecular flexibility index (Phi) is 9.62. The number of benzene rings is 2. The zero-order chi connectivity index (χ0) is 27.8. The predicted molar refractivity (Wildman–Crippen MR) is 151 cm³/mol. The summed E-state index contributed by atoms with van der Waals surface area (Å²) in [5.41, 5.74) is 8.74. The van der Waals surface area contributed by atoms with Crippen LogP contribution >= 0.6 is 23.4 Å². The van der Waals surface area contributed by atoms with Gasteiger partial charge in [0.1, 0.15) is 5.52 Å². The number of carbonyl (C=O) groups excluding carboxylic acids is 1. The van der Waals surface area contributed by atoms with E-state index in [2.05, 4.69) is 25.0 Å². The van der Waals surface area contributed by atoms with Crippen LogP contribution in [0.25, 0.3) is 11.2 Å². The minimum absolute atomic E-state index is 0.132. The molecular weight excluding hydrogens is 562 g/mol. The van der Waals surface area contributed by atoms with Gasteiger partial charge in [0.05, 0.1) is 17.8 Å². The summed E-state index contributed by atoms with van der Waals surface area (Å²) in [7, 11) is -3.68. The Hall–Kier alpha value is -3.39. The summed E-state index contributed by atoms with van der Waals surface area (Å²) in [6.07, 6.45) is 4.42. The molecule has 14 heteroatoms. The van der Waals surface area contributed by atoms with Crippen LogP contribution < -0.4 is 15.8 Å². The predicted octanol–water partition coefficient (Wildman–Crippen LogP) is 3.97. The molecule has 0 fully saturated rings. The Balaban J connectivity index is 1.17. The standard InChI is InChI=1S/C25H28ClN7O4S2/c1-38-24-31-22(27)21-23(32-24)33(16-29-21)12-2-3-13-37-25(34)28-14-17-6-10-20(11-7-17)39(35,36)30-15-18-4-8-19(26)9-5-18/h4-11,16,30H,2-3,12-15H2,1H3,(H,28,34)(H2,27,31,32). The number of unbranched alkanes of at least 4 members (excludes halogenated alkanes) is 1. The number of halogens is 1. The van der Waals surface area contributed by atoms with Crippen LogP contribution in [0.5, 0.6) is 0 Å². The van der Waals surface area contributed by atoms with Gasteiger partial charge < -0.3 is 20.4 Å². The molecule has 0 aliphatic carbocycles. The molecule has 2 heterocycles. The molecule has 11 nitrogen and oxygen atoms in total. The highest BCUT2D eigenvalue weighted by Gasteiger charge is 2.14. The number of thioether (sulfide) groups is 1. The number of alkyl carbamates (subject to hydrolysis) is 1. The zero-order valence-electron chi connectivity index (χ0n) is 21.1. The maximum atomic E-state index is 12.6. The number of amides is 1. The molecule has 206 valence electrons. The molecule has 0 bridgehead atoms. The third kappa shape index (κ3) is 7.82. The number of nitrogens with zero attached hydrogens (tertiary/aromatic N) is 4. The number of aromatic nitrogens is 4. The average Bonchev–Trinajstić information content (AvgIpc) is 3.35. The zero-order valence-corrected chi connectivity index (χ0v) is 23.5. The van der Waals surface area contributed by atoms with Crippen LogP contribution in [-0.2, 0) is 34.4 Å². The Morgan fingerprint density at radius 1 is 1.05 bits per heavy atom. The van der Waals surface area contributed by atoms with E-state index in [4.69, 9.17) is 22.1 Å². The van der Waals surface area contributed by atoms with Gasteiger partial charge in [-0.15, -0.1) is 0 Å². The van der Waals surface area contributed by atoms with Gasteiger partial charge in [0, 0.05) is 24.7 Å². The summed E-state index contributed by atoms with van der Waals surface area (Å²) < 4.78 is 34.8. The number of hydrogen-bond donors (Lipinski definition) is 3. The second-order valence-corrected chi connectivity index (χ2v) is 11.5. The third-order valence-electron chi connectivity index (χ3n) is 5.73. The lowest BCUT2D eigenvalue weighted by Crippen LogP contribution is -2.25. The fourth-order valence-corrected chi connectivity index (χ4v) is 5.14. The highest BCUT2D eigenvalue weighted by molar-refractivity contribution is 7.98. The number of nitrogen functional groups attached to an aromatic ring is 1. The highest BCUT2D eigenvalue weighted by Crippen LogP contribution is 2.20. The number of rotatable bonds is 12. The van der Waals surface area contributed by atoms with Gasteiger partial charge in [-0.2, -0.15) is 0 Å². The first-order valence-corrected chi connectivity index (χ1v) is 15.1. The lowest BCUT2D eigenvalue weighted by molar-refractivity contribution is 0.143. The Morgan fingerprint density at radius 2 is 1.74 bits per heavy atom. The average molecular weight is 590 g/mol. The quantitative estimate of drug-likeness (QED) is 0.126. The van der Waals surface area contributed by atoms with E-state index in [0.29, 0.717) is 40.1 Å². The van der Waals surface area contributed by atoms with E-state index in [-0.39, 0.29) is 24.6 Å². The van der Waals surface area contributed by atoms with Gasteiger partial charge in [0.25, 0.3) is 0 Å².